The van der Waals surface area contributed by atoms with Crippen molar-refractivity contribution in [3.05, 3.63) is 0 Å². The Balaban J connectivity index is 2.48. The summed E-state index contributed by atoms with van der Waals surface area (Å²) in [4.78, 5) is 0. The number of halogens is 1. The molecule has 0 aromatic rings. The fraction of sp³-hybridized carbons (Fsp3) is 1.00. The smallest absolute Gasteiger partial charge is 0.214 e. The van der Waals surface area contributed by atoms with E-state index in [4.69, 9.17) is 16.3 Å². The summed E-state index contributed by atoms with van der Waals surface area (Å²) in [5.41, 5.74) is 0. The Morgan fingerprint density at radius 1 is 1.47 bits per heavy atom. The van der Waals surface area contributed by atoms with Gasteiger partial charge in [0.15, 0.2) is 0 Å². The average molecular weight is 256 g/mol. The van der Waals surface area contributed by atoms with E-state index in [1.165, 1.54) is 0 Å². The third kappa shape index (κ3) is 4.26. The van der Waals surface area contributed by atoms with Gasteiger partial charge in [0.2, 0.25) is 10.0 Å². The Morgan fingerprint density at radius 3 is 2.60 bits per heavy atom. The standard InChI is InChI=1S/C9H18ClNO3S/c1-14-7-2-8-15(12,13)11(6-5-10)9-3-4-9/h9H,2-8H2,1H3. The number of hydrogen-bond donors (Lipinski definition) is 0. The number of rotatable bonds is 8. The monoisotopic (exact) mass is 255 g/mol. The summed E-state index contributed by atoms with van der Waals surface area (Å²) < 4.78 is 30.2. The maximum atomic E-state index is 11.9. The first kappa shape index (κ1) is 13.2. The lowest BCUT2D eigenvalue weighted by Gasteiger charge is -2.20. The Morgan fingerprint density at radius 2 is 2.13 bits per heavy atom. The molecule has 0 aromatic carbocycles. The van der Waals surface area contributed by atoms with E-state index in [2.05, 4.69) is 0 Å². The minimum absolute atomic E-state index is 0.161. The minimum atomic E-state index is -3.12. The summed E-state index contributed by atoms with van der Waals surface area (Å²) >= 11 is 5.60. The third-order valence-electron chi connectivity index (χ3n) is 2.37. The molecule has 1 aliphatic rings. The Hall–Kier alpha value is 0.160. The molecule has 0 radical (unpaired) electrons. The van der Waals surface area contributed by atoms with Crippen molar-refractivity contribution < 1.29 is 13.2 Å². The van der Waals surface area contributed by atoms with Crippen LogP contribution in [0, 0.1) is 0 Å². The van der Waals surface area contributed by atoms with Crippen molar-refractivity contribution in [3.8, 4) is 0 Å². The lowest BCUT2D eigenvalue weighted by Crippen LogP contribution is -2.36. The van der Waals surface area contributed by atoms with Crippen LogP contribution in [0.25, 0.3) is 0 Å². The lowest BCUT2D eigenvalue weighted by molar-refractivity contribution is 0.199. The van der Waals surface area contributed by atoms with E-state index in [1.54, 1.807) is 11.4 Å². The van der Waals surface area contributed by atoms with E-state index in [1.807, 2.05) is 0 Å². The summed E-state index contributed by atoms with van der Waals surface area (Å²) in [6.07, 6.45) is 2.49. The van der Waals surface area contributed by atoms with Crippen LogP contribution in [0.1, 0.15) is 19.3 Å². The van der Waals surface area contributed by atoms with Crippen LogP contribution < -0.4 is 0 Å². The molecule has 90 valence electrons. The molecular weight excluding hydrogens is 238 g/mol. The second-order valence-electron chi connectivity index (χ2n) is 3.69. The molecule has 1 saturated carbocycles. The summed E-state index contributed by atoms with van der Waals surface area (Å²) in [5, 5.41) is 0. The van der Waals surface area contributed by atoms with Crippen LogP contribution in [0.5, 0.6) is 0 Å². The molecule has 6 heteroatoms. The van der Waals surface area contributed by atoms with E-state index in [0.29, 0.717) is 25.5 Å². The molecule has 4 nitrogen and oxygen atoms in total. The molecule has 0 amide bonds. The zero-order chi connectivity index (χ0) is 11.3. The second kappa shape index (κ2) is 6.03. The van der Waals surface area contributed by atoms with Gasteiger partial charge in [-0.1, -0.05) is 0 Å². The summed E-state index contributed by atoms with van der Waals surface area (Å²) in [6, 6.07) is 0.205. The first-order valence-electron chi connectivity index (χ1n) is 5.16. The number of nitrogens with zero attached hydrogens (tertiary/aromatic N) is 1. The second-order valence-corrected chi connectivity index (χ2v) is 6.11. The van der Waals surface area contributed by atoms with Crippen molar-refractivity contribution in [2.45, 2.75) is 25.3 Å². The summed E-state index contributed by atoms with van der Waals surface area (Å²) in [7, 11) is -1.55. The van der Waals surface area contributed by atoms with Crippen molar-refractivity contribution >= 4 is 21.6 Å². The molecule has 0 unspecified atom stereocenters. The van der Waals surface area contributed by atoms with Gasteiger partial charge in [-0.25, -0.2) is 8.42 Å². The van der Waals surface area contributed by atoms with Gasteiger partial charge < -0.3 is 4.74 Å². The maximum Gasteiger partial charge on any atom is 0.214 e. The molecule has 1 fully saturated rings. The van der Waals surface area contributed by atoms with E-state index >= 15 is 0 Å². The van der Waals surface area contributed by atoms with Crippen molar-refractivity contribution in [1.82, 2.24) is 4.31 Å². The van der Waals surface area contributed by atoms with E-state index < -0.39 is 10.0 Å². The van der Waals surface area contributed by atoms with Crippen molar-refractivity contribution in [1.29, 1.82) is 0 Å². The van der Waals surface area contributed by atoms with E-state index in [0.717, 1.165) is 12.8 Å². The molecule has 0 atom stereocenters. The lowest BCUT2D eigenvalue weighted by atomic mass is 10.5. The normalized spacial score (nSPS) is 17.3. The van der Waals surface area contributed by atoms with Gasteiger partial charge in [0.05, 0.1) is 5.75 Å². The maximum absolute atomic E-state index is 11.9. The highest BCUT2D eigenvalue weighted by molar-refractivity contribution is 7.89. The number of methoxy groups -OCH3 is 1. The van der Waals surface area contributed by atoms with Gasteiger partial charge in [-0.3, -0.25) is 0 Å². The molecule has 0 heterocycles. The van der Waals surface area contributed by atoms with E-state index in [-0.39, 0.29) is 11.8 Å². The van der Waals surface area contributed by atoms with Gasteiger partial charge in [-0.2, -0.15) is 4.31 Å². The van der Waals surface area contributed by atoms with Gasteiger partial charge >= 0.3 is 0 Å². The molecular formula is C9H18ClNO3S. The Kier molecular flexibility index (Phi) is 5.32. The van der Waals surface area contributed by atoms with Crippen LogP contribution in [-0.2, 0) is 14.8 Å². The molecule has 0 N–H and O–H groups in total. The predicted octanol–water partition coefficient (Wildman–Crippen LogP) is 1.06. The molecule has 15 heavy (non-hydrogen) atoms. The highest BCUT2D eigenvalue weighted by Crippen LogP contribution is 2.29. The molecule has 0 aromatic heterocycles. The molecule has 0 spiro atoms. The van der Waals surface area contributed by atoms with Crippen LogP contribution >= 0.6 is 11.6 Å². The Bertz CT molecular complexity index is 277. The van der Waals surface area contributed by atoms with Crippen LogP contribution in [0.4, 0.5) is 0 Å². The number of ether oxygens (including phenoxy) is 1. The van der Waals surface area contributed by atoms with Crippen molar-refractivity contribution in [2.75, 3.05) is 31.9 Å². The molecule has 0 bridgehead atoms. The highest BCUT2D eigenvalue weighted by atomic mass is 35.5. The molecule has 1 rings (SSSR count). The molecule has 0 saturated heterocycles. The fourth-order valence-electron chi connectivity index (χ4n) is 1.50. The zero-order valence-corrected chi connectivity index (χ0v) is 10.6. The topological polar surface area (TPSA) is 46.6 Å². The van der Waals surface area contributed by atoms with Gasteiger partial charge in [-0.15, -0.1) is 11.6 Å². The number of sulfonamides is 1. The first-order valence-corrected chi connectivity index (χ1v) is 7.30. The van der Waals surface area contributed by atoms with Crippen LogP contribution in [-0.4, -0.2) is 50.7 Å². The highest BCUT2D eigenvalue weighted by Gasteiger charge is 2.36. The Labute approximate surface area is 96.6 Å². The largest absolute Gasteiger partial charge is 0.385 e. The molecule has 1 aliphatic carbocycles. The number of alkyl halides is 1. The van der Waals surface area contributed by atoms with Crippen LogP contribution in [0.15, 0.2) is 0 Å². The zero-order valence-electron chi connectivity index (χ0n) is 8.99. The van der Waals surface area contributed by atoms with Gasteiger partial charge in [-0.05, 0) is 19.3 Å². The summed E-state index contributed by atoms with van der Waals surface area (Å²) in [6.45, 7) is 0.917. The van der Waals surface area contributed by atoms with Gasteiger partial charge in [0.25, 0.3) is 0 Å². The fourth-order valence-corrected chi connectivity index (χ4v) is 3.53. The average Bonchev–Trinajstić information content (AvgIpc) is 2.97. The first-order chi connectivity index (χ1) is 7.11. The van der Waals surface area contributed by atoms with Crippen molar-refractivity contribution in [3.63, 3.8) is 0 Å². The molecule has 0 aliphatic heterocycles. The van der Waals surface area contributed by atoms with Gasteiger partial charge in [0.1, 0.15) is 0 Å². The van der Waals surface area contributed by atoms with Crippen LogP contribution in [0.2, 0.25) is 0 Å². The quantitative estimate of drug-likeness (QED) is 0.481. The van der Waals surface area contributed by atoms with Crippen molar-refractivity contribution in [2.24, 2.45) is 0 Å². The number of hydrogen-bond acceptors (Lipinski definition) is 3. The SMILES string of the molecule is COCCCS(=O)(=O)N(CCCl)C1CC1. The summed E-state index contributed by atoms with van der Waals surface area (Å²) in [5.74, 6) is 0.522. The van der Waals surface area contributed by atoms with Gasteiger partial charge in [0, 0.05) is 32.2 Å². The predicted molar refractivity (Wildman–Crippen MR) is 60.7 cm³/mol. The van der Waals surface area contributed by atoms with Crippen LogP contribution in [0.3, 0.4) is 0 Å². The third-order valence-corrected chi connectivity index (χ3v) is 4.54. The van der Waals surface area contributed by atoms with E-state index in [9.17, 15) is 8.42 Å². The minimum Gasteiger partial charge on any atom is -0.385 e.